The van der Waals surface area contributed by atoms with E-state index in [2.05, 4.69) is 5.32 Å². The van der Waals surface area contributed by atoms with Gasteiger partial charge in [-0.3, -0.25) is 4.79 Å². The average molecular weight is 227 g/mol. The summed E-state index contributed by atoms with van der Waals surface area (Å²) in [5, 5.41) is 14.8. The molecule has 1 heterocycles. The molecule has 17 heavy (non-hydrogen) atoms. The van der Waals surface area contributed by atoms with Crippen LogP contribution in [0.3, 0.4) is 0 Å². The third kappa shape index (κ3) is 1.46. The fourth-order valence-corrected chi connectivity index (χ4v) is 2.41. The Labute approximate surface area is 99.1 Å². The van der Waals surface area contributed by atoms with Crippen LogP contribution in [0, 0.1) is 0 Å². The highest BCUT2D eigenvalue weighted by Crippen LogP contribution is 2.35. The number of hydrogen-bond acceptors (Lipinski definition) is 3. The molecule has 0 saturated carbocycles. The zero-order valence-electron chi connectivity index (χ0n) is 9.53. The maximum absolute atomic E-state index is 11.9. The predicted octanol–water partition coefficient (Wildman–Crippen LogP) is 2.93. The highest BCUT2D eigenvalue weighted by molar-refractivity contribution is 6.12. The van der Waals surface area contributed by atoms with E-state index in [4.69, 9.17) is 0 Å². The number of nitrogens with one attached hydrogen (secondary N) is 1. The molecule has 0 saturated heterocycles. The van der Waals surface area contributed by atoms with Crippen LogP contribution < -0.4 is 5.32 Å². The van der Waals surface area contributed by atoms with Gasteiger partial charge in [0.2, 0.25) is 0 Å². The summed E-state index contributed by atoms with van der Waals surface area (Å²) in [6, 6.07) is 9.11. The van der Waals surface area contributed by atoms with Gasteiger partial charge in [-0.15, -0.1) is 0 Å². The second kappa shape index (κ2) is 3.48. The molecule has 1 atom stereocenters. The maximum Gasteiger partial charge on any atom is 0.167 e. The van der Waals surface area contributed by atoms with Gasteiger partial charge >= 0.3 is 0 Å². The SMILES string of the molecule is CC1CC(=O)c2ccc3c(O)cccc3c2N1. The standard InChI is InChI=1S/C14H13NO2/c1-8-7-13(17)11-6-5-9-10(14(11)15-8)3-2-4-12(9)16/h2-6,8,15-16H,7H2,1H3. The molecular weight excluding hydrogens is 214 g/mol. The molecule has 1 aliphatic heterocycles. The zero-order valence-corrected chi connectivity index (χ0v) is 9.53. The molecule has 3 rings (SSSR count). The van der Waals surface area contributed by atoms with Crippen molar-refractivity contribution in [3.8, 4) is 5.75 Å². The minimum Gasteiger partial charge on any atom is -0.507 e. The van der Waals surface area contributed by atoms with Crippen LogP contribution in [0.25, 0.3) is 10.8 Å². The summed E-state index contributed by atoms with van der Waals surface area (Å²) < 4.78 is 0. The summed E-state index contributed by atoms with van der Waals surface area (Å²) in [5.74, 6) is 0.411. The number of rotatable bonds is 0. The number of benzene rings is 2. The average Bonchev–Trinajstić information content (AvgIpc) is 2.29. The Morgan fingerprint density at radius 2 is 2.06 bits per heavy atom. The normalized spacial score (nSPS) is 18.9. The lowest BCUT2D eigenvalue weighted by molar-refractivity contribution is 0.0975. The van der Waals surface area contributed by atoms with Crippen molar-refractivity contribution in [1.29, 1.82) is 0 Å². The van der Waals surface area contributed by atoms with Crippen LogP contribution in [-0.2, 0) is 0 Å². The van der Waals surface area contributed by atoms with E-state index in [0.29, 0.717) is 6.42 Å². The minimum atomic E-state index is 0.142. The summed E-state index contributed by atoms with van der Waals surface area (Å²) in [6.07, 6.45) is 0.525. The van der Waals surface area contributed by atoms with Gasteiger partial charge in [-0.2, -0.15) is 0 Å². The molecule has 1 aliphatic rings. The lowest BCUT2D eigenvalue weighted by Crippen LogP contribution is -2.26. The number of carbonyl (C=O) groups is 1. The molecule has 0 aromatic heterocycles. The van der Waals surface area contributed by atoms with E-state index in [1.807, 2.05) is 13.0 Å². The smallest absolute Gasteiger partial charge is 0.167 e. The predicted molar refractivity (Wildman–Crippen MR) is 67.6 cm³/mol. The molecule has 0 aliphatic carbocycles. The lowest BCUT2D eigenvalue weighted by atomic mass is 9.93. The maximum atomic E-state index is 11.9. The Bertz CT molecular complexity index is 619. The van der Waals surface area contributed by atoms with E-state index in [1.54, 1.807) is 24.3 Å². The van der Waals surface area contributed by atoms with Crippen LogP contribution in [0.15, 0.2) is 30.3 Å². The summed E-state index contributed by atoms with van der Waals surface area (Å²) >= 11 is 0. The number of anilines is 1. The number of phenolic OH excluding ortho intramolecular Hbond substituents is 1. The second-order valence-electron chi connectivity index (χ2n) is 4.53. The van der Waals surface area contributed by atoms with Gasteiger partial charge in [-0.1, -0.05) is 12.1 Å². The molecular formula is C14H13NO2. The third-order valence-electron chi connectivity index (χ3n) is 3.22. The first-order valence-corrected chi connectivity index (χ1v) is 5.71. The van der Waals surface area contributed by atoms with Gasteiger partial charge < -0.3 is 10.4 Å². The van der Waals surface area contributed by atoms with Crippen LogP contribution in [0.4, 0.5) is 5.69 Å². The van der Waals surface area contributed by atoms with Gasteiger partial charge in [0.05, 0.1) is 5.69 Å². The van der Waals surface area contributed by atoms with Crippen molar-refractivity contribution in [2.45, 2.75) is 19.4 Å². The number of hydrogen-bond donors (Lipinski definition) is 2. The van der Waals surface area contributed by atoms with Crippen molar-refractivity contribution < 1.29 is 9.90 Å². The number of ketones is 1. The Hall–Kier alpha value is -2.03. The van der Waals surface area contributed by atoms with E-state index in [-0.39, 0.29) is 17.6 Å². The Kier molecular flexibility index (Phi) is 2.08. The quantitative estimate of drug-likeness (QED) is 0.727. The number of carbonyl (C=O) groups excluding carboxylic acids is 1. The molecule has 2 aromatic carbocycles. The fraction of sp³-hybridized carbons (Fsp3) is 0.214. The summed E-state index contributed by atoms with van der Waals surface area (Å²) in [4.78, 5) is 11.9. The van der Waals surface area contributed by atoms with Gasteiger partial charge in [-0.25, -0.2) is 0 Å². The van der Waals surface area contributed by atoms with Crippen molar-refractivity contribution in [2.75, 3.05) is 5.32 Å². The summed E-state index contributed by atoms with van der Waals surface area (Å²) in [5.41, 5.74) is 1.57. The van der Waals surface area contributed by atoms with Crippen LogP contribution in [-0.4, -0.2) is 16.9 Å². The van der Waals surface area contributed by atoms with Crippen LogP contribution in [0.2, 0.25) is 0 Å². The molecule has 0 bridgehead atoms. The highest BCUT2D eigenvalue weighted by Gasteiger charge is 2.23. The second-order valence-corrected chi connectivity index (χ2v) is 4.53. The van der Waals surface area contributed by atoms with E-state index in [9.17, 15) is 9.90 Å². The zero-order chi connectivity index (χ0) is 12.0. The number of fused-ring (bicyclic) bond motifs is 3. The third-order valence-corrected chi connectivity index (χ3v) is 3.22. The number of Topliss-reactive ketones (excluding diaryl/α,β-unsaturated/α-hetero) is 1. The Morgan fingerprint density at radius 1 is 1.24 bits per heavy atom. The largest absolute Gasteiger partial charge is 0.507 e. The number of phenols is 1. The molecule has 0 radical (unpaired) electrons. The van der Waals surface area contributed by atoms with Crippen LogP contribution in [0.1, 0.15) is 23.7 Å². The summed E-state index contributed by atoms with van der Waals surface area (Å²) in [6.45, 7) is 1.99. The van der Waals surface area contributed by atoms with Gasteiger partial charge in [0, 0.05) is 28.8 Å². The monoisotopic (exact) mass is 227 g/mol. The lowest BCUT2D eigenvalue weighted by Gasteiger charge is -2.24. The molecule has 86 valence electrons. The van der Waals surface area contributed by atoms with E-state index >= 15 is 0 Å². The van der Waals surface area contributed by atoms with Gasteiger partial charge in [0.1, 0.15) is 5.75 Å². The molecule has 3 heteroatoms. The van der Waals surface area contributed by atoms with Crippen molar-refractivity contribution in [1.82, 2.24) is 0 Å². The highest BCUT2D eigenvalue weighted by atomic mass is 16.3. The van der Waals surface area contributed by atoms with Gasteiger partial charge in [-0.05, 0) is 25.1 Å². The van der Waals surface area contributed by atoms with E-state index in [0.717, 1.165) is 22.0 Å². The van der Waals surface area contributed by atoms with Crippen molar-refractivity contribution >= 4 is 22.2 Å². The van der Waals surface area contributed by atoms with Crippen LogP contribution >= 0.6 is 0 Å². The molecule has 0 fully saturated rings. The van der Waals surface area contributed by atoms with Gasteiger partial charge in [0.15, 0.2) is 5.78 Å². The van der Waals surface area contributed by atoms with Crippen molar-refractivity contribution in [2.24, 2.45) is 0 Å². The molecule has 3 nitrogen and oxygen atoms in total. The molecule has 0 spiro atoms. The topological polar surface area (TPSA) is 49.3 Å². The molecule has 2 aromatic rings. The molecule has 0 amide bonds. The van der Waals surface area contributed by atoms with Gasteiger partial charge in [0.25, 0.3) is 0 Å². The van der Waals surface area contributed by atoms with Crippen molar-refractivity contribution in [3.63, 3.8) is 0 Å². The first-order chi connectivity index (χ1) is 8.16. The van der Waals surface area contributed by atoms with Crippen molar-refractivity contribution in [3.05, 3.63) is 35.9 Å². The first kappa shape index (κ1) is 10.1. The Morgan fingerprint density at radius 3 is 2.88 bits per heavy atom. The summed E-state index contributed by atoms with van der Waals surface area (Å²) in [7, 11) is 0. The van der Waals surface area contributed by atoms with E-state index < -0.39 is 0 Å². The van der Waals surface area contributed by atoms with E-state index in [1.165, 1.54) is 0 Å². The minimum absolute atomic E-state index is 0.142. The Balaban J connectivity index is 2.36. The number of aromatic hydroxyl groups is 1. The molecule has 2 N–H and O–H groups in total. The first-order valence-electron chi connectivity index (χ1n) is 5.71. The fourth-order valence-electron chi connectivity index (χ4n) is 2.41. The molecule has 1 unspecified atom stereocenters. The van der Waals surface area contributed by atoms with Crippen LogP contribution in [0.5, 0.6) is 5.75 Å².